The molecule has 1 atom stereocenters. The first-order valence-electron chi connectivity index (χ1n) is 6.46. The summed E-state index contributed by atoms with van der Waals surface area (Å²) in [5, 5.41) is 9.15. The summed E-state index contributed by atoms with van der Waals surface area (Å²) in [6, 6.07) is 5.51. The summed E-state index contributed by atoms with van der Waals surface area (Å²) in [4.78, 5) is 15.3. The minimum absolute atomic E-state index is 0.558. The highest BCUT2D eigenvalue weighted by Crippen LogP contribution is 2.28. The van der Waals surface area contributed by atoms with Crippen LogP contribution in [-0.2, 0) is 4.79 Å². The van der Waals surface area contributed by atoms with E-state index in [2.05, 4.69) is 20.9 Å². The number of carboxylic acid groups (broad SMARTS) is 1. The van der Waals surface area contributed by atoms with Gasteiger partial charge in [0.05, 0.1) is 12.0 Å². The second kappa shape index (κ2) is 7.48. The Morgan fingerprint density at radius 2 is 2.21 bits per heavy atom. The number of ether oxygens (including phenoxy) is 1. The number of aromatic nitrogens is 1. The number of hydrogen-bond donors (Lipinski definition) is 1. The average molecular weight is 330 g/mol. The van der Waals surface area contributed by atoms with Gasteiger partial charge in [0.15, 0.2) is 0 Å². The third-order valence-corrected chi connectivity index (χ3v) is 3.80. The molecule has 4 nitrogen and oxygen atoms in total. The lowest BCUT2D eigenvalue weighted by Gasteiger charge is -2.22. The Hall–Kier alpha value is -1.10. The lowest BCUT2D eigenvalue weighted by atomic mass is 9.82. The van der Waals surface area contributed by atoms with Crippen LogP contribution in [0.4, 0.5) is 0 Å². The molecule has 19 heavy (non-hydrogen) atoms. The van der Waals surface area contributed by atoms with E-state index in [1.807, 2.05) is 19.1 Å². The molecule has 0 aliphatic heterocycles. The molecule has 0 saturated carbocycles. The van der Waals surface area contributed by atoms with Gasteiger partial charge < -0.3 is 9.84 Å². The first kappa shape index (κ1) is 16.0. The molecule has 1 rings (SSSR count). The normalized spacial score (nSPS) is 13.8. The van der Waals surface area contributed by atoms with Gasteiger partial charge in [-0.15, -0.1) is 0 Å². The second-order valence-electron chi connectivity index (χ2n) is 4.82. The minimum atomic E-state index is -0.718. The Morgan fingerprint density at radius 3 is 2.79 bits per heavy atom. The van der Waals surface area contributed by atoms with Crippen LogP contribution < -0.4 is 4.74 Å². The van der Waals surface area contributed by atoms with Gasteiger partial charge in [-0.25, -0.2) is 4.98 Å². The lowest BCUT2D eigenvalue weighted by Crippen LogP contribution is -2.26. The van der Waals surface area contributed by atoms with Crippen molar-refractivity contribution in [2.45, 2.75) is 39.5 Å². The maximum atomic E-state index is 11.1. The molecule has 5 heteroatoms. The zero-order valence-electron chi connectivity index (χ0n) is 11.4. The van der Waals surface area contributed by atoms with E-state index in [9.17, 15) is 4.79 Å². The molecule has 0 radical (unpaired) electrons. The van der Waals surface area contributed by atoms with Crippen molar-refractivity contribution >= 4 is 21.9 Å². The molecule has 0 aliphatic rings. The van der Waals surface area contributed by atoms with Crippen molar-refractivity contribution in [2.24, 2.45) is 5.41 Å². The Kier molecular flexibility index (Phi) is 6.28. The van der Waals surface area contributed by atoms with Crippen LogP contribution in [0.1, 0.15) is 39.5 Å². The summed E-state index contributed by atoms with van der Waals surface area (Å²) in [6.07, 6.45) is 2.99. The van der Waals surface area contributed by atoms with Crippen molar-refractivity contribution in [2.75, 3.05) is 6.61 Å². The van der Waals surface area contributed by atoms with Crippen molar-refractivity contribution in [3.05, 3.63) is 22.8 Å². The summed E-state index contributed by atoms with van der Waals surface area (Å²) < 4.78 is 6.25. The molecule has 1 aromatic rings. The first-order valence-corrected chi connectivity index (χ1v) is 7.26. The van der Waals surface area contributed by atoms with Gasteiger partial charge in [0.1, 0.15) is 4.60 Å². The van der Waals surface area contributed by atoms with E-state index in [0.717, 1.165) is 17.4 Å². The predicted molar refractivity (Wildman–Crippen MR) is 77.3 cm³/mol. The number of carboxylic acids is 1. The van der Waals surface area contributed by atoms with Crippen molar-refractivity contribution < 1.29 is 14.6 Å². The van der Waals surface area contributed by atoms with Gasteiger partial charge in [-0.3, -0.25) is 4.79 Å². The Labute approximate surface area is 122 Å². The van der Waals surface area contributed by atoms with Gasteiger partial charge in [-0.1, -0.05) is 13.0 Å². The molecule has 0 saturated heterocycles. The lowest BCUT2D eigenvalue weighted by molar-refractivity contribution is -0.148. The smallest absolute Gasteiger partial charge is 0.309 e. The van der Waals surface area contributed by atoms with E-state index in [-0.39, 0.29) is 0 Å². The molecular weight excluding hydrogens is 310 g/mol. The molecule has 106 valence electrons. The molecule has 0 spiro atoms. The average Bonchev–Trinajstić information content (AvgIpc) is 2.38. The minimum Gasteiger partial charge on any atom is -0.481 e. The van der Waals surface area contributed by atoms with E-state index in [0.29, 0.717) is 25.3 Å². The van der Waals surface area contributed by atoms with Crippen LogP contribution in [0, 0.1) is 5.41 Å². The highest BCUT2D eigenvalue weighted by Gasteiger charge is 2.29. The largest absolute Gasteiger partial charge is 0.481 e. The Morgan fingerprint density at radius 1 is 1.47 bits per heavy atom. The number of hydrogen-bond acceptors (Lipinski definition) is 3. The summed E-state index contributed by atoms with van der Waals surface area (Å²) in [5.41, 5.74) is -0.617. The number of pyridine rings is 1. The molecule has 1 N–H and O–H groups in total. The molecule has 0 fully saturated rings. The molecule has 0 amide bonds. The summed E-state index contributed by atoms with van der Waals surface area (Å²) in [7, 11) is 0. The first-order chi connectivity index (χ1) is 8.98. The van der Waals surface area contributed by atoms with E-state index < -0.39 is 11.4 Å². The van der Waals surface area contributed by atoms with Crippen LogP contribution in [0.5, 0.6) is 5.88 Å². The second-order valence-corrected chi connectivity index (χ2v) is 5.64. The van der Waals surface area contributed by atoms with Crippen LogP contribution in [-0.4, -0.2) is 22.7 Å². The quantitative estimate of drug-likeness (QED) is 0.580. The molecule has 1 heterocycles. The van der Waals surface area contributed by atoms with Crippen LogP contribution in [0.3, 0.4) is 0 Å². The van der Waals surface area contributed by atoms with Gasteiger partial charge in [0.2, 0.25) is 5.88 Å². The SMILES string of the molecule is CC[C@@](C)(CCCCOc1cccc(Br)n1)C(=O)O. The topological polar surface area (TPSA) is 59.4 Å². The van der Waals surface area contributed by atoms with Gasteiger partial charge in [-0.05, 0) is 54.6 Å². The molecule has 0 bridgehead atoms. The summed E-state index contributed by atoms with van der Waals surface area (Å²) in [5.74, 6) is -0.129. The Balaban J connectivity index is 2.26. The van der Waals surface area contributed by atoms with Crippen LogP contribution in [0.2, 0.25) is 0 Å². The number of unbranched alkanes of at least 4 members (excludes halogenated alkanes) is 1. The van der Waals surface area contributed by atoms with E-state index in [1.165, 1.54) is 0 Å². The standard InChI is InChI=1S/C14H20BrNO3/c1-3-14(2,13(17)18)9-4-5-10-19-12-8-6-7-11(15)16-12/h6-8H,3-5,9-10H2,1-2H3,(H,17,18)/t14-/m0/s1. The highest BCUT2D eigenvalue weighted by molar-refractivity contribution is 9.10. The molecule has 0 aliphatic carbocycles. The van der Waals surface area contributed by atoms with E-state index in [4.69, 9.17) is 9.84 Å². The Bertz CT molecular complexity index is 425. The van der Waals surface area contributed by atoms with Crippen LogP contribution in [0.15, 0.2) is 22.8 Å². The summed E-state index contributed by atoms with van der Waals surface area (Å²) in [6.45, 7) is 4.27. The zero-order valence-corrected chi connectivity index (χ0v) is 12.9. The zero-order chi connectivity index (χ0) is 14.3. The van der Waals surface area contributed by atoms with Gasteiger partial charge >= 0.3 is 5.97 Å². The number of nitrogens with zero attached hydrogens (tertiary/aromatic N) is 1. The highest BCUT2D eigenvalue weighted by atomic mass is 79.9. The fraction of sp³-hybridized carbons (Fsp3) is 0.571. The van der Waals surface area contributed by atoms with E-state index >= 15 is 0 Å². The molecule has 1 aromatic heterocycles. The number of aliphatic carboxylic acids is 1. The van der Waals surface area contributed by atoms with Gasteiger partial charge in [-0.2, -0.15) is 0 Å². The maximum absolute atomic E-state index is 11.1. The van der Waals surface area contributed by atoms with Gasteiger partial charge in [0, 0.05) is 6.07 Å². The van der Waals surface area contributed by atoms with Crippen LogP contribution >= 0.6 is 15.9 Å². The van der Waals surface area contributed by atoms with E-state index in [1.54, 1.807) is 13.0 Å². The molecule has 0 aromatic carbocycles. The molecule has 0 unspecified atom stereocenters. The van der Waals surface area contributed by atoms with Crippen LogP contribution in [0.25, 0.3) is 0 Å². The number of carbonyl (C=O) groups is 1. The van der Waals surface area contributed by atoms with Crippen molar-refractivity contribution in [3.8, 4) is 5.88 Å². The number of rotatable bonds is 8. The fourth-order valence-electron chi connectivity index (χ4n) is 1.70. The van der Waals surface area contributed by atoms with Crippen molar-refractivity contribution in [3.63, 3.8) is 0 Å². The van der Waals surface area contributed by atoms with Crippen molar-refractivity contribution in [1.29, 1.82) is 0 Å². The fourth-order valence-corrected chi connectivity index (χ4v) is 2.03. The predicted octanol–water partition coefficient (Wildman–Crippen LogP) is 3.89. The van der Waals surface area contributed by atoms with Gasteiger partial charge in [0.25, 0.3) is 0 Å². The molecular formula is C14H20BrNO3. The third kappa shape index (κ3) is 5.19. The summed E-state index contributed by atoms with van der Waals surface area (Å²) >= 11 is 3.28. The van der Waals surface area contributed by atoms with Crippen molar-refractivity contribution in [1.82, 2.24) is 4.98 Å². The third-order valence-electron chi connectivity index (χ3n) is 3.36. The monoisotopic (exact) mass is 329 g/mol. The maximum Gasteiger partial charge on any atom is 0.309 e. The number of halogens is 1.